The van der Waals surface area contributed by atoms with Gasteiger partial charge in [0.2, 0.25) is 0 Å². The maximum absolute atomic E-state index is 13.6. The van der Waals surface area contributed by atoms with E-state index in [9.17, 15) is 14.3 Å². The van der Waals surface area contributed by atoms with E-state index < -0.39 is 18.2 Å². The monoisotopic (exact) mass is 272 g/mol. The van der Waals surface area contributed by atoms with Gasteiger partial charge in [-0.1, -0.05) is 0 Å². The molecular formula is C13H17FO5. The summed E-state index contributed by atoms with van der Waals surface area (Å²) in [6, 6.07) is 2.76. The van der Waals surface area contributed by atoms with Crippen molar-refractivity contribution in [1.82, 2.24) is 0 Å². The number of methoxy groups -OCH3 is 3. The lowest BCUT2D eigenvalue weighted by molar-refractivity contribution is -0.150. The average Bonchev–Trinajstić information content (AvgIpc) is 2.43. The zero-order valence-corrected chi connectivity index (χ0v) is 11.3. The van der Waals surface area contributed by atoms with E-state index in [-0.39, 0.29) is 22.6 Å². The number of ether oxygens (including phenoxy) is 3. The van der Waals surface area contributed by atoms with Crippen LogP contribution >= 0.6 is 0 Å². The second kappa shape index (κ2) is 6.38. The van der Waals surface area contributed by atoms with Crippen LogP contribution in [0.1, 0.15) is 30.3 Å². The highest BCUT2D eigenvalue weighted by atomic mass is 19.1. The molecule has 0 heterocycles. The lowest BCUT2D eigenvalue weighted by Crippen LogP contribution is -2.14. The third-order valence-electron chi connectivity index (χ3n) is 2.70. The first kappa shape index (κ1) is 15.2. The topological polar surface area (TPSA) is 65.0 Å². The highest BCUT2D eigenvalue weighted by Crippen LogP contribution is 2.38. The zero-order chi connectivity index (χ0) is 14.6. The molecular weight excluding hydrogens is 255 g/mol. The summed E-state index contributed by atoms with van der Waals surface area (Å²) < 4.78 is 28.2. The van der Waals surface area contributed by atoms with Crippen molar-refractivity contribution in [2.45, 2.75) is 19.2 Å². The number of hydrogen-bond donors (Lipinski definition) is 1. The Morgan fingerprint density at radius 2 is 1.89 bits per heavy atom. The molecule has 1 N–H and O–H groups in total. The van der Waals surface area contributed by atoms with Crippen LogP contribution in [0, 0.1) is 0 Å². The Kier molecular flexibility index (Phi) is 5.11. The molecule has 1 aromatic carbocycles. The number of esters is 1. The first-order valence-corrected chi connectivity index (χ1v) is 5.62. The fourth-order valence-corrected chi connectivity index (χ4v) is 1.72. The van der Waals surface area contributed by atoms with Crippen molar-refractivity contribution in [3.05, 3.63) is 23.3 Å². The Hall–Kier alpha value is -1.82. The largest absolute Gasteiger partial charge is 0.493 e. The van der Waals surface area contributed by atoms with E-state index in [1.807, 2.05) is 0 Å². The van der Waals surface area contributed by atoms with Gasteiger partial charge >= 0.3 is 5.97 Å². The molecule has 0 amide bonds. The average molecular weight is 272 g/mol. The van der Waals surface area contributed by atoms with Gasteiger partial charge in [0.25, 0.3) is 0 Å². The standard InChI is InChI=1S/C13H17FO5/c1-7(14)9-5-8(11(15)13(16)19-4)6-10(17-2)12(9)18-3/h5-7,11,15H,1-4H3. The Labute approximate surface area is 110 Å². The molecule has 0 aromatic heterocycles. The minimum absolute atomic E-state index is 0.184. The SMILES string of the molecule is COC(=O)C(O)c1cc(OC)c(OC)c(C(C)F)c1. The van der Waals surface area contributed by atoms with Crippen molar-refractivity contribution in [3.63, 3.8) is 0 Å². The van der Waals surface area contributed by atoms with Gasteiger partial charge in [-0.2, -0.15) is 0 Å². The number of hydrogen-bond acceptors (Lipinski definition) is 5. The van der Waals surface area contributed by atoms with Gasteiger partial charge in [-0.15, -0.1) is 0 Å². The highest BCUT2D eigenvalue weighted by molar-refractivity contribution is 5.76. The molecule has 1 rings (SSSR count). The van der Waals surface area contributed by atoms with Crippen molar-refractivity contribution in [2.24, 2.45) is 0 Å². The van der Waals surface area contributed by atoms with Gasteiger partial charge in [0.15, 0.2) is 17.6 Å². The summed E-state index contributed by atoms with van der Waals surface area (Å²) in [5.74, 6) is -0.356. The van der Waals surface area contributed by atoms with Crippen molar-refractivity contribution in [2.75, 3.05) is 21.3 Å². The molecule has 19 heavy (non-hydrogen) atoms. The van der Waals surface area contributed by atoms with Crippen LogP contribution in [0.4, 0.5) is 4.39 Å². The summed E-state index contributed by atoms with van der Waals surface area (Å²) in [6.07, 6.45) is -2.84. The molecule has 106 valence electrons. The fraction of sp³-hybridized carbons (Fsp3) is 0.462. The molecule has 2 atom stereocenters. The van der Waals surface area contributed by atoms with E-state index in [2.05, 4.69) is 4.74 Å². The summed E-state index contributed by atoms with van der Waals surface area (Å²) in [6.45, 7) is 1.32. The molecule has 0 aliphatic rings. The van der Waals surface area contributed by atoms with Crippen LogP contribution in [0.5, 0.6) is 11.5 Å². The third-order valence-corrected chi connectivity index (χ3v) is 2.70. The minimum Gasteiger partial charge on any atom is -0.493 e. The Morgan fingerprint density at radius 1 is 1.26 bits per heavy atom. The molecule has 0 aliphatic carbocycles. The van der Waals surface area contributed by atoms with Gasteiger partial charge in [0, 0.05) is 5.56 Å². The highest BCUT2D eigenvalue weighted by Gasteiger charge is 2.24. The van der Waals surface area contributed by atoms with E-state index >= 15 is 0 Å². The molecule has 0 spiro atoms. The van der Waals surface area contributed by atoms with E-state index in [1.54, 1.807) is 0 Å². The van der Waals surface area contributed by atoms with Crippen LogP contribution in [0.25, 0.3) is 0 Å². The van der Waals surface area contributed by atoms with E-state index in [1.165, 1.54) is 33.3 Å². The molecule has 2 unspecified atom stereocenters. The molecule has 0 saturated heterocycles. The van der Waals surface area contributed by atoms with Crippen molar-refractivity contribution < 1.29 is 28.5 Å². The van der Waals surface area contributed by atoms with Gasteiger partial charge in [-0.3, -0.25) is 0 Å². The quantitative estimate of drug-likeness (QED) is 0.830. The predicted octanol–water partition coefficient (Wildman–Crippen LogP) is 1.94. The number of aliphatic hydroxyl groups excluding tert-OH is 1. The molecule has 0 radical (unpaired) electrons. The molecule has 0 bridgehead atoms. The second-order valence-electron chi connectivity index (χ2n) is 3.89. The lowest BCUT2D eigenvalue weighted by Gasteiger charge is -2.17. The van der Waals surface area contributed by atoms with Gasteiger partial charge in [0.1, 0.15) is 6.17 Å². The van der Waals surface area contributed by atoms with Gasteiger partial charge in [-0.25, -0.2) is 9.18 Å². The fourth-order valence-electron chi connectivity index (χ4n) is 1.72. The summed E-state index contributed by atoms with van der Waals surface area (Å²) in [4.78, 5) is 11.3. The molecule has 6 heteroatoms. The number of alkyl halides is 1. The summed E-state index contributed by atoms with van der Waals surface area (Å²) in [5, 5.41) is 9.79. The molecule has 0 aliphatic heterocycles. The first-order valence-electron chi connectivity index (χ1n) is 5.62. The molecule has 5 nitrogen and oxygen atoms in total. The number of carbonyl (C=O) groups is 1. The summed E-state index contributed by atoms with van der Waals surface area (Å²) in [5.41, 5.74) is 0.379. The minimum atomic E-state index is -1.50. The Balaban J connectivity index is 3.36. The predicted molar refractivity (Wildman–Crippen MR) is 66.0 cm³/mol. The molecule has 0 fully saturated rings. The smallest absolute Gasteiger partial charge is 0.339 e. The normalized spacial score (nSPS) is 13.6. The van der Waals surface area contributed by atoms with Crippen LogP contribution < -0.4 is 9.47 Å². The van der Waals surface area contributed by atoms with Crippen molar-refractivity contribution in [1.29, 1.82) is 0 Å². The number of aliphatic hydroxyl groups is 1. The number of halogens is 1. The van der Waals surface area contributed by atoms with Gasteiger partial charge in [0.05, 0.1) is 21.3 Å². The lowest BCUT2D eigenvalue weighted by atomic mass is 10.0. The van der Waals surface area contributed by atoms with E-state index in [4.69, 9.17) is 9.47 Å². The number of carbonyl (C=O) groups excluding carboxylic acids is 1. The van der Waals surface area contributed by atoms with Crippen molar-refractivity contribution >= 4 is 5.97 Å². The van der Waals surface area contributed by atoms with E-state index in [0.717, 1.165) is 7.11 Å². The van der Waals surface area contributed by atoms with E-state index in [0.29, 0.717) is 0 Å². The summed E-state index contributed by atoms with van der Waals surface area (Å²) >= 11 is 0. The van der Waals surface area contributed by atoms with Crippen LogP contribution in [0.3, 0.4) is 0 Å². The van der Waals surface area contributed by atoms with Crippen LogP contribution in [0.2, 0.25) is 0 Å². The second-order valence-corrected chi connectivity index (χ2v) is 3.89. The van der Waals surface area contributed by atoms with Crippen molar-refractivity contribution in [3.8, 4) is 11.5 Å². The maximum Gasteiger partial charge on any atom is 0.339 e. The van der Waals surface area contributed by atoms with Gasteiger partial charge < -0.3 is 19.3 Å². The molecule has 0 saturated carbocycles. The van der Waals surface area contributed by atoms with Gasteiger partial charge in [-0.05, 0) is 24.6 Å². The molecule has 1 aromatic rings. The number of benzene rings is 1. The first-order chi connectivity index (χ1) is 8.96. The van der Waals surface area contributed by atoms with Crippen LogP contribution in [-0.4, -0.2) is 32.4 Å². The third kappa shape index (κ3) is 3.14. The number of rotatable bonds is 5. The zero-order valence-electron chi connectivity index (χ0n) is 11.3. The Morgan fingerprint density at radius 3 is 2.32 bits per heavy atom. The maximum atomic E-state index is 13.6. The Bertz CT molecular complexity index is 459. The van der Waals surface area contributed by atoms with Crippen LogP contribution in [-0.2, 0) is 9.53 Å². The summed E-state index contributed by atoms with van der Waals surface area (Å²) in [7, 11) is 3.93. The van der Waals surface area contributed by atoms with Crippen LogP contribution in [0.15, 0.2) is 12.1 Å².